The van der Waals surface area contributed by atoms with Crippen molar-refractivity contribution in [3.8, 4) is 0 Å². The number of carboxylic acids is 2. The van der Waals surface area contributed by atoms with Crippen LogP contribution in [-0.2, 0) is 14.4 Å². The van der Waals surface area contributed by atoms with Gasteiger partial charge in [0.1, 0.15) is 0 Å². The highest BCUT2D eigenvalue weighted by atomic mass is 16.4. The Morgan fingerprint density at radius 3 is 1.78 bits per heavy atom. The van der Waals surface area contributed by atoms with Crippen LogP contribution in [0.2, 0.25) is 0 Å². The van der Waals surface area contributed by atoms with E-state index in [1.807, 2.05) is 71.1 Å². The van der Waals surface area contributed by atoms with Gasteiger partial charge in [0, 0.05) is 12.2 Å². The molecule has 0 heterocycles. The molecule has 2 aliphatic rings. The minimum atomic E-state index is -1.00. The quantitative estimate of drug-likeness (QED) is 0.0997. The van der Waals surface area contributed by atoms with Crippen LogP contribution in [0.25, 0.3) is 0 Å². The highest BCUT2D eigenvalue weighted by Gasteiger charge is 2.41. The monoisotopic (exact) mass is 671 g/mol. The van der Waals surface area contributed by atoms with Crippen LogP contribution in [0.3, 0.4) is 0 Å². The number of urea groups is 1. The number of aliphatic carboxylic acids is 2. The summed E-state index contributed by atoms with van der Waals surface area (Å²) in [5, 5.41) is 24.2. The third-order valence-electron chi connectivity index (χ3n) is 9.16. The SMILES string of the molecule is CC1=C(/C=C/C(C)=C/C=C/C(C)=C/C(=O)O)[C@@](C)(NC(=O)NC2CC[C@](C)(C(N)=O)C(/C=C/C(C)=C/C=C/C(C)=C/C(=O)O)=C2C)CCC1. The first-order valence-electron chi connectivity index (χ1n) is 16.6. The number of nitrogens with one attached hydrogen (secondary N) is 2. The summed E-state index contributed by atoms with van der Waals surface area (Å²) >= 11 is 0. The van der Waals surface area contributed by atoms with Gasteiger partial charge >= 0.3 is 18.0 Å². The number of hydrogen-bond donors (Lipinski definition) is 5. The van der Waals surface area contributed by atoms with E-state index in [0.29, 0.717) is 24.0 Å². The van der Waals surface area contributed by atoms with Gasteiger partial charge in [0.25, 0.3) is 0 Å². The Morgan fingerprint density at radius 2 is 1.29 bits per heavy atom. The average Bonchev–Trinajstić information content (AvgIpc) is 2.97. The van der Waals surface area contributed by atoms with Crippen LogP contribution >= 0.6 is 0 Å². The molecule has 2 aliphatic carbocycles. The Balaban J connectivity index is 2.29. The number of carbonyl (C=O) groups excluding carboxylic acids is 2. The summed E-state index contributed by atoms with van der Waals surface area (Å²) in [5.74, 6) is -2.42. The molecule has 2 rings (SSSR count). The first-order chi connectivity index (χ1) is 22.9. The number of hydrogen-bond acceptors (Lipinski definition) is 4. The van der Waals surface area contributed by atoms with Crippen molar-refractivity contribution >= 4 is 23.9 Å². The standard InChI is InChI=1S/C40H53N3O6/c1-26(12-9-14-28(3)24-35(44)45)17-19-32-30(5)16-11-22-40(32,8)43-38(49)42-34-21-23-39(7,37(41)48)33(31(34)6)20-18-27(2)13-10-15-29(4)25-36(46)47/h9-10,12-15,17-20,24-25,34H,11,16,21-23H2,1-8H3,(H2,41,48)(H,44,45)(H,46,47)(H2,42,43,49)/b14-9+,15-10+,19-17+,20-18+,26-12+,27-13+,28-24+,29-25+/t34?,39-,40-/m0/s1. The van der Waals surface area contributed by atoms with Crippen molar-refractivity contribution in [1.29, 1.82) is 0 Å². The zero-order chi connectivity index (χ0) is 36.9. The van der Waals surface area contributed by atoms with E-state index in [2.05, 4.69) is 23.6 Å². The fourth-order valence-electron chi connectivity index (χ4n) is 6.24. The maximum absolute atomic E-state index is 13.6. The molecular formula is C40H53N3O6. The van der Waals surface area contributed by atoms with Crippen LogP contribution in [0.4, 0.5) is 4.79 Å². The molecule has 3 atom stereocenters. The molecule has 9 heteroatoms. The highest BCUT2D eigenvalue weighted by molar-refractivity contribution is 5.86. The molecule has 0 saturated carbocycles. The van der Waals surface area contributed by atoms with Gasteiger partial charge in [-0.3, -0.25) is 4.79 Å². The summed E-state index contributed by atoms with van der Waals surface area (Å²) in [6, 6.07) is -0.590. The van der Waals surface area contributed by atoms with Gasteiger partial charge in [-0.25, -0.2) is 14.4 Å². The number of allylic oxidation sites excluding steroid dienone is 14. The third-order valence-corrected chi connectivity index (χ3v) is 9.16. The van der Waals surface area contributed by atoms with Crippen LogP contribution in [0.5, 0.6) is 0 Å². The van der Waals surface area contributed by atoms with Gasteiger partial charge in [0.05, 0.1) is 17.0 Å². The molecule has 49 heavy (non-hydrogen) atoms. The van der Waals surface area contributed by atoms with Crippen molar-refractivity contribution in [1.82, 2.24) is 10.6 Å². The van der Waals surface area contributed by atoms with Crippen molar-refractivity contribution in [2.75, 3.05) is 0 Å². The minimum Gasteiger partial charge on any atom is -0.478 e. The summed E-state index contributed by atoms with van der Waals surface area (Å²) in [6.07, 6.45) is 24.6. The van der Waals surface area contributed by atoms with E-state index in [9.17, 15) is 19.2 Å². The zero-order valence-electron chi connectivity index (χ0n) is 30.1. The molecule has 0 spiro atoms. The number of rotatable bonds is 13. The van der Waals surface area contributed by atoms with E-state index in [-0.39, 0.29) is 12.1 Å². The van der Waals surface area contributed by atoms with Crippen LogP contribution in [-0.4, -0.2) is 45.7 Å². The van der Waals surface area contributed by atoms with E-state index < -0.39 is 28.8 Å². The molecule has 0 bridgehead atoms. The molecule has 0 aromatic heterocycles. The number of primary amides is 1. The summed E-state index contributed by atoms with van der Waals surface area (Å²) in [4.78, 5) is 48.0. The lowest BCUT2D eigenvalue weighted by Crippen LogP contribution is -2.55. The number of carbonyl (C=O) groups is 4. The molecule has 6 N–H and O–H groups in total. The van der Waals surface area contributed by atoms with Gasteiger partial charge in [-0.05, 0) is 115 Å². The first-order valence-corrected chi connectivity index (χ1v) is 16.6. The fourth-order valence-corrected chi connectivity index (χ4v) is 6.24. The summed E-state index contributed by atoms with van der Waals surface area (Å²) in [5.41, 5.74) is 11.4. The second kappa shape index (κ2) is 18.0. The van der Waals surface area contributed by atoms with Gasteiger partial charge in [-0.15, -0.1) is 0 Å². The van der Waals surface area contributed by atoms with Crippen molar-refractivity contribution < 1.29 is 29.4 Å². The molecule has 0 aliphatic heterocycles. The summed E-state index contributed by atoms with van der Waals surface area (Å²) in [7, 11) is 0. The van der Waals surface area contributed by atoms with E-state index in [0.717, 1.165) is 59.3 Å². The number of amides is 3. The van der Waals surface area contributed by atoms with E-state index in [1.54, 1.807) is 32.1 Å². The van der Waals surface area contributed by atoms with Gasteiger partial charge < -0.3 is 26.6 Å². The molecule has 3 amide bonds. The molecule has 0 fully saturated rings. The Hall–Kier alpha value is -4.92. The molecule has 0 aromatic rings. The number of carboxylic acid groups (broad SMARTS) is 2. The van der Waals surface area contributed by atoms with Gasteiger partial charge in [-0.2, -0.15) is 0 Å². The van der Waals surface area contributed by atoms with E-state index >= 15 is 0 Å². The fraction of sp³-hybridized carbons (Fsp3) is 0.400. The Morgan fingerprint density at radius 1 is 0.776 bits per heavy atom. The van der Waals surface area contributed by atoms with E-state index in [4.69, 9.17) is 15.9 Å². The van der Waals surface area contributed by atoms with Crippen LogP contribution < -0.4 is 16.4 Å². The largest absolute Gasteiger partial charge is 0.478 e. The van der Waals surface area contributed by atoms with Crippen molar-refractivity contribution in [2.45, 2.75) is 99.1 Å². The normalized spacial score (nSPS) is 24.9. The van der Waals surface area contributed by atoms with Crippen molar-refractivity contribution in [3.63, 3.8) is 0 Å². The lowest BCUT2D eigenvalue weighted by atomic mass is 9.69. The molecule has 0 aromatic carbocycles. The van der Waals surface area contributed by atoms with Crippen LogP contribution in [0.1, 0.15) is 87.5 Å². The Kier molecular flexibility index (Phi) is 14.8. The van der Waals surface area contributed by atoms with Gasteiger partial charge in [-0.1, -0.05) is 77.5 Å². The second-order valence-corrected chi connectivity index (χ2v) is 13.5. The van der Waals surface area contributed by atoms with Crippen molar-refractivity contribution in [2.24, 2.45) is 11.1 Å². The zero-order valence-corrected chi connectivity index (χ0v) is 30.1. The van der Waals surface area contributed by atoms with Gasteiger partial charge in [0.15, 0.2) is 0 Å². The van der Waals surface area contributed by atoms with Gasteiger partial charge in [0.2, 0.25) is 5.91 Å². The smallest absolute Gasteiger partial charge is 0.328 e. The predicted molar refractivity (Wildman–Crippen MR) is 197 cm³/mol. The molecule has 0 saturated heterocycles. The predicted octanol–water partition coefficient (Wildman–Crippen LogP) is 7.69. The van der Waals surface area contributed by atoms with Crippen molar-refractivity contribution in [3.05, 3.63) is 117 Å². The molecule has 0 radical (unpaired) electrons. The maximum atomic E-state index is 13.6. The first kappa shape index (κ1) is 40.3. The highest BCUT2D eigenvalue weighted by Crippen LogP contribution is 2.42. The van der Waals surface area contributed by atoms with E-state index in [1.165, 1.54) is 5.57 Å². The lowest BCUT2D eigenvalue weighted by molar-refractivity contribution is -0.132. The molecular weight excluding hydrogens is 618 g/mol. The van der Waals surface area contributed by atoms with Crippen LogP contribution in [0.15, 0.2) is 117 Å². The third kappa shape index (κ3) is 12.2. The lowest BCUT2D eigenvalue weighted by Gasteiger charge is -2.40. The summed E-state index contributed by atoms with van der Waals surface area (Å²) in [6.45, 7) is 15.2. The summed E-state index contributed by atoms with van der Waals surface area (Å²) < 4.78 is 0. The molecule has 264 valence electrons. The maximum Gasteiger partial charge on any atom is 0.328 e. The second-order valence-electron chi connectivity index (χ2n) is 13.5. The number of nitrogens with two attached hydrogens (primary N) is 1. The Bertz CT molecular complexity index is 1630. The minimum absolute atomic E-state index is 0.291. The Labute approximate surface area is 291 Å². The average molecular weight is 672 g/mol. The van der Waals surface area contributed by atoms with Crippen LogP contribution in [0, 0.1) is 5.41 Å². The molecule has 9 nitrogen and oxygen atoms in total. The molecule has 1 unspecified atom stereocenters. The topological polar surface area (TPSA) is 159 Å².